The number of hydrogen-bond donors (Lipinski definition) is 1. The molecule has 0 aromatic carbocycles. The molecule has 156 valence electrons. The molecule has 0 amide bonds. The van der Waals surface area contributed by atoms with Crippen LogP contribution in [0.5, 0.6) is 0 Å². The van der Waals surface area contributed by atoms with Gasteiger partial charge >= 0.3 is 5.97 Å². The number of hydrogen-bond acceptors (Lipinski definition) is 1. The molecule has 0 radical (unpaired) electrons. The van der Waals surface area contributed by atoms with Crippen molar-refractivity contribution >= 4 is 102 Å². The minimum absolute atomic E-state index is 0.300. The van der Waals surface area contributed by atoms with Gasteiger partial charge in [-0.1, -0.05) is 128 Å². The van der Waals surface area contributed by atoms with Crippen molar-refractivity contribution in [2.75, 3.05) is 0 Å². The van der Waals surface area contributed by atoms with Crippen molar-refractivity contribution in [2.45, 2.75) is 100 Å². The number of halogens is 6. The van der Waals surface area contributed by atoms with Gasteiger partial charge in [0.1, 0.15) is 0 Å². The van der Waals surface area contributed by atoms with Crippen LogP contribution in [0.4, 0.5) is 0 Å². The number of alkyl halides is 6. The predicted molar refractivity (Wildman–Crippen MR) is 136 cm³/mol. The van der Waals surface area contributed by atoms with Crippen LogP contribution in [-0.2, 0) is 4.79 Å². The summed E-state index contributed by atoms with van der Waals surface area (Å²) < 4.78 is 0. The molecule has 0 unspecified atom stereocenters. The lowest BCUT2D eigenvalue weighted by Crippen LogP contribution is -2.27. The Morgan fingerprint density at radius 1 is 0.692 bits per heavy atom. The maximum absolute atomic E-state index is 10.5. The van der Waals surface area contributed by atoms with E-state index in [1.165, 1.54) is 12.8 Å². The molecule has 0 aliphatic carbocycles. The topological polar surface area (TPSA) is 37.3 Å². The lowest BCUT2D eigenvalue weighted by atomic mass is 10.0. The third kappa shape index (κ3) is 14.4. The van der Waals surface area contributed by atoms with Gasteiger partial charge in [-0.25, -0.2) is 0 Å². The van der Waals surface area contributed by atoms with Gasteiger partial charge in [0.05, 0.1) is 0 Å². The highest BCUT2D eigenvalue weighted by molar-refractivity contribution is 9.13. The number of carboxylic acid groups (broad SMARTS) is 1. The van der Waals surface area contributed by atoms with E-state index in [1.807, 2.05) is 0 Å². The second-order valence-corrected chi connectivity index (χ2v) is 13.7. The smallest absolute Gasteiger partial charge is 0.303 e. The molecule has 0 aliphatic heterocycles. The van der Waals surface area contributed by atoms with Crippen molar-refractivity contribution in [1.82, 2.24) is 0 Å². The summed E-state index contributed by atoms with van der Waals surface area (Å²) in [7, 11) is 0. The zero-order valence-electron chi connectivity index (χ0n) is 15.2. The fraction of sp³-hybridized carbons (Fsp3) is 0.944. The van der Waals surface area contributed by atoms with Gasteiger partial charge in [-0.15, -0.1) is 0 Å². The second kappa shape index (κ2) is 17.1. The predicted octanol–water partition coefficient (Wildman–Crippen LogP) is 8.57. The highest BCUT2D eigenvalue weighted by atomic mass is 79.9. The first-order valence-electron chi connectivity index (χ1n) is 9.25. The van der Waals surface area contributed by atoms with Gasteiger partial charge in [-0.2, -0.15) is 0 Å². The molecule has 1 N–H and O–H groups in total. The van der Waals surface area contributed by atoms with E-state index in [0.29, 0.717) is 35.4 Å². The average Bonchev–Trinajstić information content (AvgIpc) is 2.59. The molecule has 0 saturated carbocycles. The van der Waals surface area contributed by atoms with E-state index in [0.717, 1.165) is 44.9 Å². The van der Waals surface area contributed by atoms with Gasteiger partial charge in [-0.05, 0) is 32.1 Å². The summed E-state index contributed by atoms with van der Waals surface area (Å²) in [6.45, 7) is 2.19. The molecule has 0 aromatic rings. The van der Waals surface area contributed by atoms with Crippen molar-refractivity contribution in [1.29, 1.82) is 0 Å². The molecule has 0 aromatic heterocycles. The third-order valence-corrected chi connectivity index (χ3v) is 12.9. The van der Waals surface area contributed by atoms with Gasteiger partial charge in [-0.3, -0.25) is 4.79 Å². The quantitative estimate of drug-likeness (QED) is 0.127. The average molecular weight is 758 g/mol. The van der Waals surface area contributed by atoms with E-state index in [9.17, 15) is 4.79 Å². The SMILES string of the molecule is CC[C@H](Br)[C@H](Br)C[C@H](Br)[C@H](Br)C[C@H](Br)[C@@H](Br)CCCCCCCC(=O)O. The first-order chi connectivity index (χ1) is 12.2. The molecule has 0 heterocycles. The molecular formula is C18H30Br6O2. The molecule has 8 heteroatoms. The Kier molecular flexibility index (Phi) is 18.6. The van der Waals surface area contributed by atoms with Gasteiger partial charge in [0.15, 0.2) is 0 Å². The molecular weight excluding hydrogens is 728 g/mol. The van der Waals surface area contributed by atoms with Crippen LogP contribution >= 0.6 is 95.6 Å². The molecule has 2 nitrogen and oxygen atoms in total. The molecule has 6 atom stereocenters. The van der Waals surface area contributed by atoms with Crippen LogP contribution in [0.25, 0.3) is 0 Å². The fourth-order valence-corrected chi connectivity index (χ4v) is 7.04. The molecule has 0 saturated heterocycles. The number of carbonyl (C=O) groups is 1. The van der Waals surface area contributed by atoms with E-state index < -0.39 is 5.97 Å². The second-order valence-electron chi connectivity index (χ2n) is 6.68. The number of aliphatic carboxylic acids is 1. The normalized spacial score (nSPS) is 18.7. The summed E-state index contributed by atoms with van der Waals surface area (Å²) in [4.78, 5) is 13.2. The number of carboxylic acids is 1. The van der Waals surface area contributed by atoms with Gasteiger partial charge < -0.3 is 5.11 Å². The highest BCUT2D eigenvalue weighted by Gasteiger charge is 2.26. The monoisotopic (exact) mass is 752 g/mol. The molecule has 0 aliphatic rings. The molecule has 26 heavy (non-hydrogen) atoms. The summed E-state index contributed by atoms with van der Waals surface area (Å²) in [6.07, 6.45) is 9.99. The minimum Gasteiger partial charge on any atom is -0.481 e. The Hall–Kier alpha value is 2.35. The summed E-state index contributed by atoms with van der Waals surface area (Å²) in [5.41, 5.74) is 0. The molecule has 0 spiro atoms. The van der Waals surface area contributed by atoms with Crippen LogP contribution in [0.3, 0.4) is 0 Å². The van der Waals surface area contributed by atoms with E-state index in [-0.39, 0.29) is 0 Å². The Morgan fingerprint density at radius 3 is 1.62 bits per heavy atom. The van der Waals surface area contributed by atoms with Crippen molar-refractivity contribution in [3.8, 4) is 0 Å². The van der Waals surface area contributed by atoms with Crippen LogP contribution in [0, 0.1) is 0 Å². The van der Waals surface area contributed by atoms with Crippen molar-refractivity contribution in [2.24, 2.45) is 0 Å². The summed E-state index contributed by atoms with van der Waals surface area (Å²) in [5, 5.41) is 8.63. The first kappa shape index (κ1) is 28.4. The van der Waals surface area contributed by atoms with Gasteiger partial charge in [0, 0.05) is 35.4 Å². The number of unbranched alkanes of at least 4 members (excludes halogenated alkanes) is 4. The minimum atomic E-state index is -0.686. The van der Waals surface area contributed by atoms with Crippen LogP contribution in [0.1, 0.15) is 71.1 Å². The molecule has 0 fully saturated rings. The van der Waals surface area contributed by atoms with Crippen LogP contribution in [0.15, 0.2) is 0 Å². The van der Waals surface area contributed by atoms with E-state index in [4.69, 9.17) is 5.11 Å². The van der Waals surface area contributed by atoms with Crippen molar-refractivity contribution in [3.05, 3.63) is 0 Å². The third-order valence-electron chi connectivity index (χ3n) is 4.34. The highest BCUT2D eigenvalue weighted by Crippen LogP contribution is 2.33. The number of rotatable bonds is 16. The lowest BCUT2D eigenvalue weighted by molar-refractivity contribution is -0.137. The van der Waals surface area contributed by atoms with Gasteiger partial charge in [0.2, 0.25) is 0 Å². The van der Waals surface area contributed by atoms with Crippen molar-refractivity contribution in [3.63, 3.8) is 0 Å². The van der Waals surface area contributed by atoms with Crippen LogP contribution < -0.4 is 0 Å². The van der Waals surface area contributed by atoms with Gasteiger partial charge in [0.25, 0.3) is 0 Å². The fourth-order valence-electron chi connectivity index (χ4n) is 2.60. The van der Waals surface area contributed by atoms with E-state index >= 15 is 0 Å². The molecule has 0 bridgehead atoms. The molecule has 0 rings (SSSR count). The maximum atomic E-state index is 10.5. The summed E-state index contributed by atoms with van der Waals surface area (Å²) in [6, 6.07) is 0. The standard InChI is InChI=1S/C18H30Br6O2/c1-2-12(19)14(21)10-16(23)17(24)11-15(22)13(20)8-6-4-3-5-7-9-18(25)26/h12-17H,2-11H2,1H3,(H,25,26)/t12-,13-,14+,15-,16-,17+/m0/s1. The first-order valence-corrected chi connectivity index (χ1v) is 14.7. The van der Waals surface area contributed by atoms with E-state index in [1.54, 1.807) is 0 Å². The summed E-state index contributed by atoms with van der Waals surface area (Å²) >= 11 is 22.9. The zero-order chi connectivity index (χ0) is 20.1. The van der Waals surface area contributed by atoms with Crippen LogP contribution in [-0.4, -0.2) is 40.0 Å². The Morgan fingerprint density at radius 2 is 1.12 bits per heavy atom. The Balaban J connectivity index is 3.94. The van der Waals surface area contributed by atoms with Crippen LogP contribution in [0.2, 0.25) is 0 Å². The zero-order valence-corrected chi connectivity index (χ0v) is 24.7. The Bertz CT molecular complexity index is 372. The maximum Gasteiger partial charge on any atom is 0.303 e. The largest absolute Gasteiger partial charge is 0.481 e. The van der Waals surface area contributed by atoms with Crippen molar-refractivity contribution < 1.29 is 9.90 Å². The Labute approximate surface area is 209 Å². The lowest BCUT2D eigenvalue weighted by Gasteiger charge is -2.25. The van der Waals surface area contributed by atoms with E-state index in [2.05, 4.69) is 103 Å². The summed E-state index contributed by atoms with van der Waals surface area (Å²) in [5.74, 6) is -0.686.